The van der Waals surface area contributed by atoms with Crippen molar-refractivity contribution >= 4 is 23.8 Å². The van der Waals surface area contributed by atoms with Crippen LogP contribution in [0.15, 0.2) is 29.8 Å². The van der Waals surface area contributed by atoms with Gasteiger partial charge in [-0.25, -0.2) is 4.79 Å². The molecule has 18 heavy (non-hydrogen) atoms. The molecule has 0 aliphatic rings. The topological polar surface area (TPSA) is 59.3 Å². The van der Waals surface area contributed by atoms with Gasteiger partial charge in [0.25, 0.3) is 0 Å². The van der Waals surface area contributed by atoms with Crippen molar-refractivity contribution in [3.8, 4) is 11.2 Å². The van der Waals surface area contributed by atoms with Gasteiger partial charge in [-0.3, -0.25) is 0 Å². The lowest BCUT2D eigenvalue weighted by Crippen LogP contribution is -2.06. The minimum absolute atomic E-state index is 0.301. The highest BCUT2D eigenvalue weighted by Gasteiger charge is 2.09. The smallest absolute Gasteiger partial charge is 0.334 e. The molecule has 0 bridgehead atoms. The highest BCUT2D eigenvalue weighted by Crippen LogP contribution is 2.16. The van der Waals surface area contributed by atoms with Crippen molar-refractivity contribution in [3.05, 3.63) is 35.4 Å². The van der Waals surface area contributed by atoms with Crippen molar-refractivity contribution in [2.24, 2.45) is 0 Å². The number of hydrogen-bond acceptors (Lipinski definition) is 5. The molecule has 0 radical (unpaired) electrons. The summed E-state index contributed by atoms with van der Waals surface area (Å²) in [6, 6.07) is 7.27. The number of carbonyl (C=O) groups excluding carboxylic acids is 1. The Morgan fingerprint density at radius 1 is 1.39 bits per heavy atom. The first-order valence-electron chi connectivity index (χ1n) is 5.15. The minimum Gasteiger partial charge on any atom is -0.497 e. The summed E-state index contributed by atoms with van der Waals surface area (Å²) < 4.78 is 9.72. The second-order valence-corrected chi connectivity index (χ2v) is 4.07. The van der Waals surface area contributed by atoms with Crippen LogP contribution in [-0.4, -0.2) is 25.9 Å². The van der Waals surface area contributed by atoms with E-state index in [1.54, 1.807) is 25.3 Å². The van der Waals surface area contributed by atoms with E-state index in [1.807, 2.05) is 17.5 Å². The van der Waals surface area contributed by atoms with Crippen molar-refractivity contribution in [1.29, 1.82) is 5.26 Å². The lowest BCUT2D eigenvalue weighted by molar-refractivity contribution is -0.135. The van der Waals surface area contributed by atoms with Crippen molar-refractivity contribution in [2.45, 2.75) is 0 Å². The van der Waals surface area contributed by atoms with Crippen LogP contribution in [0.25, 0.3) is 6.08 Å². The quantitative estimate of drug-likeness (QED) is 0.464. The highest BCUT2D eigenvalue weighted by atomic mass is 32.2. The van der Waals surface area contributed by atoms with Crippen LogP contribution < -0.4 is 4.74 Å². The van der Waals surface area contributed by atoms with E-state index in [0.29, 0.717) is 11.3 Å². The van der Waals surface area contributed by atoms with Gasteiger partial charge in [0.1, 0.15) is 11.2 Å². The van der Waals surface area contributed by atoms with Crippen LogP contribution in [0.4, 0.5) is 0 Å². The van der Waals surface area contributed by atoms with Gasteiger partial charge in [-0.1, -0.05) is 12.1 Å². The van der Waals surface area contributed by atoms with Crippen molar-refractivity contribution in [1.82, 2.24) is 0 Å². The lowest BCUT2D eigenvalue weighted by Gasteiger charge is -2.04. The standard InChI is InChI=1S/C13H13NO3S/c1-16-12-5-3-10(4-6-12)7-11(8-18-9-14)13(15)17-2/h3-7H,8H2,1-2H3/b11-7+. The van der Waals surface area contributed by atoms with Gasteiger partial charge >= 0.3 is 5.97 Å². The fraction of sp³-hybridized carbons (Fsp3) is 0.231. The minimum atomic E-state index is -0.423. The summed E-state index contributed by atoms with van der Waals surface area (Å²) >= 11 is 0.999. The average molecular weight is 263 g/mol. The summed E-state index contributed by atoms with van der Waals surface area (Å²) in [5, 5.41) is 10.5. The van der Waals surface area contributed by atoms with E-state index in [1.165, 1.54) is 7.11 Å². The maximum absolute atomic E-state index is 11.5. The Morgan fingerprint density at radius 3 is 2.56 bits per heavy atom. The number of methoxy groups -OCH3 is 2. The maximum atomic E-state index is 11.5. The lowest BCUT2D eigenvalue weighted by atomic mass is 10.1. The van der Waals surface area contributed by atoms with Gasteiger partial charge in [0.2, 0.25) is 0 Å². The predicted octanol–water partition coefficient (Wildman–Crippen LogP) is 2.47. The first-order chi connectivity index (χ1) is 8.71. The fourth-order valence-electron chi connectivity index (χ4n) is 1.30. The number of ether oxygens (including phenoxy) is 2. The molecule has 1 aromatic carbocycles. The Hall–Kier alpha value is -1.93. The zero-order valence-corrected chi connectivity index (χ0v) is 11.0. The molecule has 0 aliphatic heterocycles. The number of hydrogen-bond donors (Lipinski definition) is 0. The Kier molecular flexibility index (Phi) is 5.81. The molecular formula is C13H13NO3S. The van der Waals surface area contributed by atoms with Crippen LogP contribution >= 0.6 is 11.8 Å². The van der Waals surface area contributed by atoms with E-state index in [0.717, 1.165) is 23.1 Å². The Morgan fingerprint density at radius 2 is 2.06 bits per heavy atom. The number of benzene rings is 1. The van der Waals surface area contributed by atoms with Gasteiger partial charge < -0.3 is 9.47 Å². The SMILES string of the molecule is COC(=O)/C(=C/c1ccc(OC)cc1)CSC#N. The molecule has 0 amide bonds. The normalized spacial score (nSPS) is 10.6. The predicted molar refractivity (Wildman–Crippen MR) is 71.1 cm³/mol. The number of nitrogens with zero attached hydrogens (tertiary/aromatic N) is 1. The van der Waals surface area contributed by atoms with E-state index in [4.69, 9.17) is 10.00 Å². The third kappa shape index (κ3) is 4.15. The zero-order chi connectivity index (χ0) is 13.4. The summed E-state index contributed by atoms with van der Waals surface area (Å²) in [5.74, 6) is 0.626. The molecule has 0 aromatic heterocycles. The molecule has 0 fully saturated rings. The van der Waals surface area contributed by atoms with Crippen LogP contribution in [0.2, 0.25) is 0 Å². The summed E-state index contributed by atoms with van der Waals surface area (Å²) in [4.78, 5) is 11.5. The molecule has 0 N–H and O–H groups in total. The van der Waals surface area contributed by atoms with Crippen molar-refractivity contribution in [3.63, 3.8) is 0 Å². The van der Waals surface area contributed by atoms with E-state index >= 15 is 0 Å². The van der Waals surface area contributed by atoms with Gasteiger partial charge in [0, 0.05) is 11.3 Å². The fourth-order valence-corrected chi connectivity index (χ4v) is 1.72. The van der Waals surface area contributed by atoms with E-state index in [2.05, 4.69) is 4.74 Å². The van der Waals surface area contributed by atoms with Crippen LogP contribution in [0.3, 0.4) is 0 Å². The van der Waals surface area contributed by atoms with E-state index < -0.39 is 5.97 Å². The molecule has 0 saturated heterocycles. The number of esters is 1. The van der Waals surface area contributed by atoms with Crippen LogP contribution in [0, 0.1) is 10.7 Å². The molecule has 1 rings (SSSR count). The molecule has 5 heteroatoms. The van der Waals surface area contributed by atoms with Gasteiger partial charge in [-0.2, -0.15) is 5.26 Å². The van der Waals surface area contributed by atoms with Crippen molar-refractivity contribution in [2.75, 3.05) is 20.0 Å². The van der Waals surface area contributed by atoms with Crippen LogP contribution in [-0.2, 0) is 9.53 Å². The second-order valence-electron chi connectivity index (χ2n) is 3.31. The van der Waals surface area contributed by atoms with Crippen LogP contribution in [0.1, 0.15) is 5.56 Å². The molecule has 94 valence electrons. The molecule has 0 heterocycles. The Balaban J connectivity index is 2.92. The van der Waals surface area contributed by atoms with Crippen molar-refractivity contribution < 1.29 is 14.3 Å². The molecule has 4 nitrogen and oxygen atoms in total. The van der Waals surface area contributed by atoms with Gasteiger partial charge in [-0.15, -0.1) is 0 Å². The van der Waals surface area contributed by atoms with Crippen LogP contribution in [0.5, 0.6) is 5.75 Å². The average Bonchev–Trinajstić information content (AvgIpc) is 2.43. The zero-order valence-electron chi connectivity index (χ0n) is 10.2. The molecule has 0 atom stereocenters. The van der Waals surface area contributed by atoms with E-state index in [-0.39, 0.29) is 0 Å². The second kappa shape index (κ2) is 7.41. The highest BCUT2D eigenvalue weighted by molar-refractivity contribution is 8.03. The number of rotatable bonds is 5. The number of thioether (sulfide) groups is 1. The molecule has 0 saturated carbocycles. The summed E-state index contributed by atoms with van der Waals surface area (Å²) in [7, 11) is 2.91. The number of nitriles is 1. The maximum Gasteiger partial charge on any atom is 0.334 e. The molecular weight excluding hydrogens is 250 g/mol. The van der Waals surface area contributed by atoms with Gasteiger partial charge in [0.05, 0.1) is 14.2 Å². The molecule has 0 unspecified atom stereocenters. The first-order valence-corrected chi connectivity index (χ1v) is 6.13. The summed E-state index contributed by atoms with van der Waals surface area (Å²) in [6.07, 6.45) is 1.70. The van der Waals surface area contributed by atoms with Gasteiger partial charge in [-0.05, 0) is 35.5 Å². The third-order valence-corrected chi connectivity index (χ3v) is 2.78. The third-order valence-electron chi connectivity index (χ3n) is 2.20. The molecule has 0 spiro atoms. The Labute approximate surface area is 110 Å². The van der Waals surface area contributed by atoms with E-state index in [9.17, 15) is 4.79 Å². The Bertz CT molecular complexity index is 474. The summed E-state index contributed by atoms with van der Waals surface area (Å²) in [5.41, 5.74) is 1.31. The number of carbonyl (C=O) groups is 1. The summed E-state index contributed by atoms with van der Waals surface area (Å²) in [6.45, 7) is 0. The van der Waals surface area contributed by atoms with Gasteiger partial charge in [0.15, 0.2) is 0 Å². The first kappa shape index (κ1) is 14.1. The molecule has 0 aliphatic carbocycles. The molecule has 1 aromatic rings. The number of thiocyanates is 1. The monoisotopic (exact) mass is 263 g/mol. The largest absolute Gasteiger partial charge is 0.497 e.